The van der Waals surface area contributed by atoms with Crippen LogP contribution in [0.1, 0.15) is 39.0 Å². The monoisotopic (exact) mass is 233 g/mol. The highest BCUT2D eigenvalue weighted by Gasteiger charge is 2.16. The Morgan fingerprint density at radius 2 is 2.17 bits per heavy atom. The van der Waals surface area contributed by atoms with Crippen LogP contribution in [-0.2, 0) is 0 Å². The molecule has 1 heterocycles. The van der Waals surface area contributed by atoms with Crippen molar-refractivity contribution in [2.45, 2.75) is 45.1 Å². The number of unbranched alkanes of at least 4 members (excludes halogenated alkanes) is 1. The molecule has 1 aliphatic rings. The fourth-order valence-corrected chi connectivity index (χ4v) is 2.30. The fourth-order valence-electron chi connectivity index (χ4n) is 1.90. The Kier molecular flexibility index (Phi) is 5.24. The summed E-state index contributed by atoms with van der Waals surface area (Å²) < 4.78 is 0. The highest BCUT2D eigenvalue weighted by atomic mass is 79.9. The average Bonchev–Trinajstić information content (AvgIpc) is 2.09. The highest BCUT2D eigenvalue weighted by molar-refractivity contribution is 9.09. The number of alkyl halides is 1. The zero-order valence-electron chi connectivity index (χ0n) is 8.06. The highest BCUT2D eigenvalue weighted by Crippen LogP contribution is 2.16. The Morgan fingerprint density at radius 1 is 1.33 bits per heavy atom. The minimum absolute atomic E-state index is 0.842. The van der Waals surface area contributed by atoms with Crippen LogP contribution in [0.3, 0.4) is 0 Å². The van der Waals surface area contributed by atoms with Crippen molar-refractivity contribution >= 4 is 15.9 Å². The van der Waals surface area contributed by atoms with Gasteiger partial charge < -0.3 is 4.90 Å². The van der Waals surface area contributed by atoms with E-state index in [-0.39, 0.29) is 0 Å². The molecule has 0 aromatic heterocycles. The van der Waals surface area contributed by atoms with Gasteiger partial charge in [0.05, 0.1) is 0 Å². The van der Waals surface area contributed by atoms with Crippen LogP contribution in [0.15, 0.2) is 0 Å². The summed E-state index contributed by atoms with van der Waals surface area (Å²) in [5.41, 5.74) is 0. The van der Waals surface area contributed by atoms with Crippen molar-refractivity contribution in [2.75, 3.05) is 18.4 Å². The molecular formula is C10H20BrN. The number of hydrogen-bond donors (Lipinski definition) is 0. The average molecular weight is 234 g/mol. The van der Waals surface area contributed by atoms with Crippen molar-refractivity contribution < 1.29 is 0 Å². The summed E-state index contributed by atoms with van der Waals surface area (Å²) in [6.45, 7) is 5.02. The van der Waals surface area contributed by atoms with Gasteiger partial charge in [-0.05, 0) is 45.7 Å². The summed E-state index contributed by atoms with van der Waals surface area (Å²) in [5, 5.41) is 1.16. The van der Waals surface area contributed by atoms with Crippen LogP contribution in [0, 0.1) is 0 Å². The summed E-state index contributed by atoms with van der Waals surface area (Å²) in [4.78, 5) is 2.64. The molecule has 1 unspecified atom stereocenters. The maximum atomic E-state index is 3.47. The topological polar surface area (TPSA) is 3.24 Å². The van der Waals surface area contributed by atoms with Crippen molar-refractivity contribution in [3.63, 3.8) is 0 Å². The number of hydrogen-bond acceptors (Lipinski definition) is 1. The van der Waals surface area contributed by atoms with E-state index in [0.29, 0.717) is 0 Å². The molecule has 72 valence electrons. The quantitative estimate of drug-likeness (QED) is 0.533. The first-order chi connectivity index (χ1) is 5.84. The Morgan fingerprint density at radius 3 is 2.83 bits per heavy atom. The molecule has 1 rings (SSSR count). The van der Waals surface area contributed by atoms with E-state index in [1.165, 1.54) is 45.2 Å². The molecule has 1 fully saturated rings. The van der Waals surface area contributed by atoms with E-state index in [0.717, 1.165) is 11.4 Å². The van der Waals surface area contributed by atoms with Gasteiger partial charge in [0.15, 0.2) is 0 Å². The van der Waals surface area contributed by atoms with E-state index in [1.54, 1.807) is 0 Å². The molecule has 0 aliphatic carbocycles. The largest absolute Gasteiger partial charge is 0.301 e. The molecule has 0 spiro atoms. The van der Waals surface area contributed by atoms with Gasteiger partial charge in [-0.25, -0.2) is 0 Å². The summed E-state index contributed by atoms with van der Waals surface area (Å²) in [5.74, 6) is 0. The zero-order chi connectivity index (χ0) is 8.81. The molecule has 0 aromatic carbocycles. The third-order valence-electron chi connectivity index (χ3n) is 2.77. The number of halogens is 1. The van der Waals surface area contributed by atoms with Crippen molar-refractivity contribution in [2.24, 2.45) is 0 Å². The molecule has 1 aliphatic heterocycles. The van der Waals surface area contributed by atoms with Crippen LogP contribution in [-0.4, -0.2) is 29.4 Å². The van der Waals surface area contributed by atoms with Crippen molar-refractivity contribution in [1.82, 2.24) is 4.90 Å². The Bertz CT molecular complexity index is 116. The molecule has 0 saturated carbocycles. The predicted octanol–water partition coefficient (Wildman–Crippen LogP) is 3.04. The first kappa shape index (κ1) is 10.5. The lowest BCUT2D eigenvalue weighted by molar-refractivity contribution is 0.159. The van der Waals surface area contributed by atoms with Crippen LogP contribution >= 0.6 is 15.9 Å². The summed E-state index contributed by atoms with van der Waals surface area (Å²) >= 11 is 3.47. The molecule has 12 heavy (non-hydrogen) atoms. The minimum atomic E-state index is 0.842. The minimum Gasteiger partial charge on any atom is -0.301 e. The SMILES string of the molecule is CC1CCCCN1CCCCBr. The lowest BCUT2D eigenvalue weighted by Crippen LogP contribution is -2.37. The second-order valence-electron chi connectivity index (χ2n) is 3.78. The first-order valence-electron chi connectivity index (χ1n) is 5.14. The van der Waals surface area contributed by atoms with Crippen LogP contribution in [0.4, 0.5) is 0 Å². The van der Waals surface area contributed by atoms with Crippen molar-refractivity contribution in [3.8, 4) is 0 Å². The predicted molar refractivity (Wildman–Crippen MR) is 57.9 cm³/mol. The molecule has 0 bridgehead atoms. The van der Waals surface area contributed by atoms with Gasteiger partial charge in [-0.15, -0.1) is 0 Å². The smallest absolute Gasteiger partial charge is 0.00669 e. The maximum absolute atomic E-state index is 3.47. The second kappa shape index (κ2) is 5.98. The first-order valence-corrected chi connectivity index (χ1v) is 6.26. The molecule has 0 amide bonds. The Labute approximate surface area is 84.6 Å². The maximum Gasteiger partial charge on any atom is 0.00669 e. The van der Waals surface area contributed by atoms with Crippen LogP contribution in [0.25, 0.3) is 0 Å². The van der Waals surface area contributed by atoms with Gasteiger partial charge in [0.1, 0.15) is 0 Å². The van der Waals surface area contributed by atoms with Gasteiger partial charge in [0.25, 0.3) is 0 Å². The van der Waals surface area contributed by atoms with Gasteiger partial charge >= 0.3 is 0 Å². The van der Waals surface area contributed by atoms with Gasteiger partial charge in [-0.3, -0.25) is 0 Å². The van der Waals surface area contributed by atoms with Crippen LogP contribution < -0.4 is 0 Å². The third kappa shape index (κ3) is 3.44. The summed E-state index contributed by atoms with van der Waals surface area (Å²) in [6.07, 6.45) is 6.95. The number of rotatable bonds is 4. The van der Waals surface area contributed by atoms with Gasteiger partial charge in [-0.1, -0.05) is 22.4 Å². The molecule has 1 saturated heterocycles. The standard InChI is InChI=1S/C10H20BrN/c1-10-6-2-4-8-12(10)9-5-3-7-11/h10H,2-9H2,1H3. The lowest BCUT2D eigenvalue weighted by atomic mass is 10.0. The zero-order valence-corrected chi connectivity index (χ0v) is 9.65. The summed E-state index contributed by atoms with van der Waals surface area (Å²) in [7, 11) is 0. The number of nitrogens with zero attached hydrogens (tertiary/aromatic N) is 1. The van der Waals surface area contributed by atoms with E-state index in [2.05, 4.69) is 27.8 Å². The van der Waals surface area contributed by atoms with Gasteiger partial charge in [-0.2, -0.15) is 0 Å². The van der Waals surface area contributed by atoms with Crippen LogP contribution in [0.5, 0.6) is 0 Å². The molecule has 0 aromatic rings. The van der Waals surface area contributed by atoms with Crippen molar-refractivity contribution in [3.05, 3.63) is 0 Å². The lowest BCUT2D eigenvalue weighted by Gasteiger charge is -2.33. The van der Waals surface area contributed by atoms with Gasteiger partial charge in [0, 0.05) is 11.4 Å². The molecule has 0 radical (unpaired) electrons. The fraction of sp³-hybridized carbons (Fsp3) is 1.00. The van der Waals surface area contributed by atoms with Crippen LogP contribution in [0.2, 0.25) is 0 Å². The second-order valence-corrected chi connectivity index (χ2v) is 4.57. The van der Waals surface area contributed by atoms with E-state index >= 15 is 0 Å². The molecule has 1 atom stereocenters. The van der Waals surface area contributed by atoms with Gasteiger partial charge in [0.2, 0.25) is 0 Å². The normalized spacial score (nSPS) is 26.0. The van der Waals surface area contributed by atoms with E-state index in [4.69, 9.17) is 0 Å². The number of piperidine rings is 1. The Balaban J connectivity index is 2.11. The molecule has 1 nitrogen and oxygen atoms in total. The van der Waals surface area contributed by atoms with E-state index in [1.807, 2.05) is 0 Å². The molecule has 0 N–H and O–H groups in total. The molecule has 2 heteroatoms. The number of likely N-dealkylation sites (tertiary alicyclic amines) is 1. The van der Waals surface area contributed by atoms with Crippen molar-refractivity contribution in [1.29, 1.82) is 0 Å². The van der Waals surface area contributed by atoms with E-state index < -0.39 is 0 Å². The Hall–Kier alpha value is 0.440. The third-order valence-corrected chi connectivity index (χ3v) is 3.33. The molecular weight excluding hydrogens is 214 g/mol. The van der Waals surface area contributed by atoms with E-state index in [9.17, 15) is 0 Å². The summed E-state index contributed by atoms with van der Waals surface area (Å²) in [6, 6.07) is 0.842.